The van der Waals surface area contributed by atoms with Crippen LogP contribution in [-0.4, -0.2) is 34.0 Å². The largest absolute Gasteiger partial charge is 0.419 e. The molecule has 0 radical (unpaired) electrons. The second-order valence-electron chi connectivity index (χ2n) is 4.50. The Hall–Kier alpha value is -1.63. The van der Waals surface area contributed by atoms with Gasteiger partial charge in [-0.25, -0.2) is 4.79 Å². The van der Waals surface area contributed by atoms with Crippen molar-refractivity contribution in [3.05, 3.63) is 34.3 Å². The van der Waals surface area contributed by atoms with Crippen LogP contribution in [0, 0.1) is 0 Å². The number of hydrogen-bond acceptors (Lipinski definition) is 5. The molecule has 19 heavy (non-hydrogen) atoms. The van der Waals surface area contributed by atoms with Crippen LogP contribution in [0.3, 0.4) is 0 Å². The second kappa shape index (κ2) is 6.01. The van der Waals surface area contributed by atoms with E-state index in [0.717, 1.165) is 11.1 Å². The average molecular weight is 266 g/mol. The molecule has 0 aliphatic carbocycles. The third-order valence-electron chi connectivity index (χ3n) is 3.15. The van der Waals surface area contributed by atoms with Gasteiger partial charge in [0.1, 0.15) is 0 Å². The Kier molecular flexibility index (Phi) is 4.36. The van der Waals surface area contributed by atoms with Gasteiger partial charge in [-0.3, -0.25) is 4.57 Å². The SMILES string of the molecule is Cn1c(=O)oc2cc(CNC(CO)CCO)ccc21. The Morgan fingerprint density at radius 2 is 2.21 bits per heavy atom. The van der Waals surface area contributed by atoms with Gasteiger partial charge in [-0.15, -0.1) is 0 Å². The topological polar surface area (TPSA) is 87.6 Å². The lowest BCUT2D eigenvalue weighted by Crippen LogP contribution is -2.32. The van der Waals surface area contributed by atoms with Crippen LogP contribution in [0.15, 0.2) is 27.4 Å². The molecule has 0 saturated carbocycles. The normalized spacial score (nSPS) is 13.0. The summed E-state index contributed by atoms with van der Waals surface area (Å²) < 4.78 is 6.56. The maximum Gasteiger partial charge on any atom is 0.419 e. The van der Waals surface area contributed by atoms with Crippen molar-refractivity contribution in [2.45, 2.75) is 19.0 Å². The minimum Gasteiger partial charge on any atom is -0.408 e. The number of fused-ring (bicyclic) bond motifs is 1. The van der Waals surface area contributed by atoms with Crippen LogP contribution in [-0.2, 0) is 13.6 Å². The summed E-state index contributed by atoms with van der Waals surface area (Å²) in [7, 11) is 1.66. The van der Waals surface area contributed by atoms with Gasteiger partial charge in [0.2, 0.25) is 0 Å². The molecule has 1 atom stereocenters. The van der Waals surface area contributed by atoms with Gasteiger partial charge in [0.15, 0.2) is 5.58 Å². The van der Waals surface area contributed by atoms with E-state index in [4.69, 9.17) is 14.6 Å². The van der Waals surface area contributed by atoms with Crippen LogP contribution < -0.4 is 11.1 Å². The summed E-state index contributed by atoms with van der Waals surface area (Å²) in [5.74, 6) is -0.381. The highest BCUT2D eigenvalue weighted by atomic mass is 16.4. The first-order chi connectivity index (χ1) is 9.15. The minimum atomic E-state index is -0.381. The number of hydrogen-bond donors (Lipinski definition) is 3. The first-order valence-corrected chi connectivity index (χ1v) is 6.19. The number of nitrogens with one attached hydrogen (secondary N) is 1. The van der Waals surface area contributed by atoms with Gasteiger partial charge in [0.25, 0.3) is 0 Å². The molecule has 1 unspecified atom stereocenters. The molecule has 0 spiro atoms. The third-order valence-corrected chi connectivity index (χ3v) is 3.15. The summed E-state index contributed by atoms with van der Waals surface area (Å²) >= 11 is 0. The molecule has 1 aromatic heterocycles. The van der Waals surface area contributed by atoms with E-state index in [2.05, 4.69) is 5.32 Å². The minimum absolute atomic E-state index is 0.0246. The smallest absolute Gasteiger partial charge is 0.408 e. The lowest BCUT2D eigenvalue weighted by atomic mass is 10.1. The predicted octanol–water partition coefficient (Wildman–Crippen LogP) is -0.0356. The monoisotopic (exact) mass is 266 g/mol. The first-order valence-electron chi connectivity index (χ1n) is 6.19. The summed E-state index contributed by atoms with van der Waals surface area (Å²) in [5.41, 5.74) is 2.26. The lowest BCUT2D eigenvalue weighted by molar-refractivity contribution is 0.200. The molecule has 104 valence electrons. The summed E-state index contributed by atoms with van der Waals surface area (Å²) in [6, 6.07) is 5.40. The van der Waals surface area contributed by atoms with Gasteiger partial charge in [-0.05, 0) is 24.1 Å². The van der Waals surface area contributed by atoms with Crippen molar-refractivity contribution in [3.8, 4) is 0 Å². The first kappa shape index (κ1) is 13.8. The van der Waals surface area contributed by atoms with Crippen molar-refractivity contribution < 1.29 is 14.6 Å². The van der Waals surface area contributed by atoms with Crippen molar-refractivity contribution in [2.24, 2.45) is 7.05 Å². The lowest BCUT2D eigenvalue weighted by Gasteiger charge is -2.14. The van der Waals surface area contributed by atoms with E-state index in [0.29, 0.717) is 18.5 Å². The van der Waals surface area contributed by atoms with Gasteiger partial charge >= 0.3 is 5.76 Å². The van der Waals surface area contributed by atoms with Crippen LogP contribution >= 0.6 is 0 Å². The van der Waals surface area contributed by atoms with Crippen LogP contribution in [0.25, 0.3) is 11.1 Å². The number of aromatic nitrogens is 1. The van der Waals surface area contributed by atoms with E-state index < -0.39 is 0 Å². The zero-order valence-corrected chi connectivity index (χ0v) is 10.8. The van der Waals surface area contributed by atoms with Gasteiger partial charge in [-0.1, -0.05) is 6.07 Å². The highest BCUT2D eigenvalue weighted by molar-refractivity contribution is 5.73. The van der Waals surface area contributed by atoms with Crippen molar-refractivity contribution in [3.63, 3.8) is 0 Å². The van der Waals surface area contributed by atoms with Crippen LogP contribution in [0.1, 0.15) is 12.0 Å². The fourth-order valence-corrected chi connectivity index (χ4v) is 1.96. The van der Waals surface area contributed by atoms with Gasteiger partial charge < -0.3 is 19.9 Å². The molecule has 0 bridgehead atoms. The fraction of sp³-hybridized carbons (Fsp3) is 0.462. The number of nitrogens with zero attached hydrogens (tertiary/aromatic N) is 1. The Labute approximate surface area is 110 Å². The van der Waals surface area contributed by atoms with Crippen molar-refractivity contribution in [1.29, 1.82) is 0 Å². The number of rotatable bonds is 6. The van der Waals surface area contributed by atoms with E-state index >= 15 is 0 Å². The highest BCUT2D eigenvalue weighted by Gasteiger charge is 2.08. The molecule has 2 aromatic rings. The molecule has 0 amide bonds. The Balaban J connectivity index is 2.11. The van der Waals surface area contributed by atoms with Crippen LogP contribution in [0.4, 0.5) is 0 Å². The number of aliphatic hydroxyl groups excluding tert-OH is 2. The Morgan fingerprint density at radius 3 is 2.89 bits per heavy atom. The van der Waals surface area contributed by atoms with Gasteiger partial charge in [0, 0.05) is 26.2 Å². The number of aliphatic hydroxyl groups is 2. The third kappa shape index (κ3) is 3.04. The van der Waals surface area contributed by atoms with Crippen molar-refractivity contribution in [2.75, 3.05) is 13.2 Å². The molecule has 0 saturated heterocycles. The van der Waals surface area contributed by atoms with E-state index in [9.17, 15) is 4.79 Å². The quantitative estimate of drug-likeness (QED) is 0.683. The predicted molar refractivity (Wildman–Crippen MR) is 70.9 cm³/mol. The van der Waals surface area contributed by atoms with E-state index in [1.807, 2.05) is 12.1 Å². The number of oxazole rings is 1. The molecule has 1 aromatic carbocycles. The molecule has 0 fully saturated rings. The standard InChI is InChI=1S/C13H18N2O4/c1-15-11-3-2-9(6-12(11)19-13(15)18)7-14-10(8-17)4-5-16/h2-3,6,10,14,16-17H,4-5,7-8H2,1H3. The zero-order valence-electron chi connectivity index (χ0n) is 10.8. The molecule has 3 N–H and O–H groups in total. The molecule has 6 heteroatoms. The van der Waals surface area contributed by atoms with Crippen molar-refractivity contribution in [1.82, 2.24) is 9.88 Å². The number of aryl methyl sites for hydroxylation is 1. The fourth-order valence-electron chi connectivity index (χ4n) is 1.96. The van der Waals surface area contributed by atoms with E-state index in [1.54, 1.807) is 13.1 Å². The molecular formula is C13H18N2O4. The van der Waals surface area contributed by atoms with E-state index in [1.165, 1.54) is 4.57 Å². The maximum atomic E-state index is 11.4. The molecule has 0 aliphatic rings. The van der Waals surface area contributed by atoms with Crippen LogP contribution in [0.2, 0.25) is 0 Å². The summed E-state index contributed by atoms with van der Waals surface area (Å²) in [6.45, 7) is 0.549. The zero-order chi connectivity index (χ0) is 13.8. The molecule has 6 nitrogen and oxygen atoms in total. The summed E-state index contributed by atoms with van der Waals surface area (Å²) in [4.78, 5) is 11.4. The van der Waals surface area contributed by atoms with Crippen molar-refractivity contribution >= 4 is 11.1 Å². The molecule has 2 rings (SSSR count). The summed E-state index contributed by atoms with van der Waals surface area (Å²) in [6.07, 6.45) is 0.499. The van der Waals surface area contributed by atoms with Gasteiger partial charge in [-0.2, -0.15) is 0 Å². The molecule has 1 heterocycles. The molecular weight excluding hydrogens is 248 g/mol. The number of benzene rings is 1. The maximum absolute atomic E-state index is 11.4. The van der Waals surface area contributed by atoms with Gasteiger partial charge in [0.05, 0.1) is 12.1 Å². The Bertz CT molecular complexity index is 602. The highest BCUT2D eigenvalue weighted by Crippen LogP contribution is 2.14. The van der Waals surface area contributed by atoms with E-state index in [-0.39, 0.29) is 25.0 Å². The molecule has 0 aliphatic heterocycles. The van der Waals surface area contributed by atoms with Crippen LogP contribution in [0.5, 0.6) is 0 Å². The summed E-state index contributed by atoms with van der Waals surface area (Å²) in [5, 5.41) is 21.1. The average Bonchev–Trinajstić information content (AvgIpc) is 2.69. The Morgan fingerprint density at radius 1 is 1.42 bits per heavy atom. The second-order valence-corrected chi connectivity index (χ2v) is 4.50.